The van der Waals surface area contributed by atoms with E-state index in [9.17, 15) is 13.2 Å². The number of likely N-dealkylation sites (N-methyl/N-ethyl adjacent to an activating group) is 1. The Labute approximate surface area is 111 Å². The lowest BCUT2D eigenvalue weighted by atomic mass is 10.1. The van der Waals surface area contributed by atoms with E-state index in [1.807, 2.05) is 0 Å². The molecule has 8 heteroatoms. The van der Waals surface area contributed by atoms with Gasteiger partial charge in [0.05, 0.1) is 5.69 Å². The lowest BCUT2D eigenvalue weighted by Gasteiger charge is -2.29. The van der Waals surface area contributed by atoms with Gasteiger partial charge >= 0.3 is 0 Å². The Morgan fingerprint density at radius 3 is 2.89 bits per heavy atom. The third kappa shape index (κ3) is 3.02. The monoisotopic (exact) mass is 284 g/mol. The number of likely N-dealkylation sites (tertiary alicyclic amines) is 1. The van der Waals surface area contributed by atoms with E-state index in [0.717, 1.165) is 0 Å². The number of amides is 1. The summed E-state index contributed by atoms with van der Waals surface area (Å²) < 4.78 is 26.8. The molecule has 0 bridgehead atoms. The Morgan fingerprint density at radius 2 is 2.26 bits per heavy atom. The molecule has 0 saturated carbocycles. The first kappa shape index (κ1) is 13.8. The molecule has 1 fully saturated rings. The zero-order chi connectivity index (χ0) is 14.0. The van der Waals surface area contributed by atoms with Crippen LogP contribution in [0.2, 0.25) is 0 Å². The Morgan fingerprint density at radius 1 is 1.53 bits per heavy atom. The van der Waals surface area contributed by atoms with Crippen LogP contribution in [0.1, 0.15) is 12.8 Å². The van der Waals surface area contributed by atoms with Gasteiger partial charge in [0.2, 0.25) is 5.91 Å². The van der Waals surface area contributed by atoms with Crippen molar-refractivity contribution in [3.8, 4) is 0 Å². The van der Waals surface area contributed by atoms with Gasteiger partial charge in [-0.3, -0.25) is 4.79 Å². The minimum atomic E-state index is -3.76. The molecule has 7 nitrogen and oxygen atoms in total. The number of nitrogen functional groups attached to an aromatic ring is 1. The van der Waals surface area contributed by atoms with Gasteiger partial charge in [-0.2, -0.15) is 0 Å². The summed E-state index contributed by atoms with van der Waals surface area (Å²) >= 11 is 0. The maximum Gasteiger partial charge on any atom is 0.260 e. The maximum atomic E-state index is 12.2. The van der Waals surface area contributed by atoms with Crippen molar-refractivity contribution in [3.63, 3.8) is 0 Å². The third-order valence-electron chi connectivity index (χ3n) is 3.00. The van der Waals surface area contributed by atoms with Crippen molar-refractivity contribution in [2.24, 2.45) is 0 Å². The Balaban J connectivity index is 2.15. The minimum absolute atomic E-state index is 0.0211. The molecule has 1 aliphatic rings. The van der Waals surface area contributed by atoms with Crippen LogP contribution in [0.5, 0.6) is 0 Å². The number of hydrogen-bond acceptors (Lipinski definition) is 5. The molecule has 1 unspecified atom stereocenters. The molecule has 19 heavy (non-hydrogen) atoms. The number of piperidine rings is 1. The number of pyridine rings is 1. The van der Waals surface area contributed by atoms with Gasteiger partial charge in [-0.1, -0.05) is 0 Å². The first-order chi connectivity index (χ1) is 8.90. The highest BCUT2D eigenvalue weighted by atomic mass is 32.2. The molecule has 2 rings (SSSR count). The van der Waals surface area contributed by atoms with Crippen LogP contribution in [0.25, 0.3) is 0 Å². The molecule has 1 amide bonds. The van der Waals surface area contributed by atoms with Crippen molar-refractivity contribution in [1.82, 2.24) is 14.6 Å². The second-order valence-corrected chi connectivity index (χ2v) is 6.16. The van der Waals surface area contributed by atoms with E-state index >= 15 is 0 Å². The summed E-state index contributed by atoms with van der Waals surface area (Å²) in [5, 5.41) is -0.172. The lowest BCUT2D eigenvalue weighted by molar-refractivity contribution is -0.132. The Bertz CT molecular complexity index is 587. The van der Waals surface area contributed by atoms with Crippen LogP contribution >= 0.6 is 0 Å². The fourth-order valence-corrected chi connectivity index (χ4v) is 3.33. The minimum Gasteiger partial charge on any atom is -0.396 e. The van der Waals surface area contributed by atoms with Gasteiger partial charge in [-0.25, -0.2) is 18.1 Å². The number of carbonyl (C=O) groups is 1. The van der Waals surface area contributed by atoms with Crippen LogP contribution in [0.3, 0.4) is 0 Å². The maximum absolute atomic E-state index is 12.2. The Kier molecular flexibility index (Phi) is 3.72. The van der Waals surface area contributed by atoms with Crippen molar-refractivity contribution >= 4 is 21.6 Å². The van der Waals surface area contributed by atoms with Crippen LogP contribution in [0, 0.1) is 0 Å². The number of carbonyl (C=O) groups excluding carboxylic acids is 1. The molecule has 1 aromatic rings. The van der Waals surface area contributed by atoms with E-state index < -0.39 is 10.0 Å². The van der Waals surface area contributed by atoms with Crippen molar-refractivity contribution in [2.75, 3.05) is 19.3 Å². The highest BCUT2D eigenvalue weighted by molar-refractivity contribution is 7.89. The predicted octanol–water partition coefficient (Wildman–Crippen LogP) is -0.437. The number of rotatable bonds is 3. The van der Waals surface area contributed by atoms with Gasteiger partial charge in [-0.15, -0.1) is 0 Å². The van der Waals surface area contributed by atoms with E-state index in [1.165, 1.54) is 17.2 Å². The zero-order valence-corrected chi connectivity index (χ0v) is 11.4. The van der Waals surface area contributed by atoms with Gasteiger partial charge in [-0.05, 0) is 18.6 Å². The molecule has 0 aliphatic carbocycles. The van der Waals surface area contributed by atoms with Gasteiger partial charge in [0.25, 0.3) is 10.0 Å². The van der Waals surface area contributed by atoms with E-state index in [0.29, 0.717) is 19.4 Å². The smallest absolute Gasteiger partial charge is 0.260 e. The van der Waals surface area contributed by atoms with Gasteiger partial charge in [0, 0.05) is 32.3 Å². The molecular formula is C11H16N4O3S. The van der Waals surface area contributed by atoms with E-state index in [1.54, 1.807) is 13.1 Å². The van der Waals surface area contributed by atoms with Crippen molar-refractivity contribution < 1.29 is 13.2 Å². The topological polar surface area (TPSA) is 105 Å². The normalized spacial score (nSPS) is 20.6. The fourth-order valence-electron chi connectivity index (χ4n) is 2.01. The van der Waals surface area contributed by atoms with Gasteiger partial charge in [0.15, 0.2) is 5.03 Å². The van der Waals surface area contributed by atoms with E-state index in [4.69, 9.17) is 5.73 Å². The summed E-state index contributed by atoms with van der Waals surface area (Å²) in [5.41, 5.74) is 5.72. The van der Waals surface area contributed by atoms with Crippen molar-refractivity contribution in [1.29, 1.82) is 0 Å². The van der Waals surface area contributed by atoms with Crippen LogP contribution in [-0.2, 0) is 14.8 Å². The van der Waals surface area contributed by atoms with E-state index in [2.05, 4.69) is 9.71 Å². The van der Waals surface area contributed by atoms with Crippen molar-refractivity contribution in [2.45, 2.75) is 23.9 Å². The molecular weight excluding hydrogens is 268 g/mol. The number of nitrogens with one attached hydrogen (secondary N) is 1. The molecule has 1 aliphatic heterocycles. The fraction of sp³-hybridized carbons (Fsp3) is 0.455. The molecule has 0 radical (unpaired) electrons. The number of sulfonamides is 1. The van der Waals surface area contributed by atoms with Gasteiger partial charge < -0.3 is 10.6 Å². The lowest BCUT2D eigenvalue weighted by Crippen LogP contribution is -2.48. The molecule has 1 atom stereocenters. The van der Waals surface area contributed by atoms with Crippen LogP contribution < -0.4 is 10.5 Å². The average Bonchev–Trinajstić information content (AvgIpc) is 2.34. The van der Waals surface area contributed by atoms with Crippen LogP contribution in [0.4, 0.5) is 5.69 Å². The number of hydrogen-bond donors (Lipinski definition) is 2. The summed E-state index contributed by atoms with van der Waals surface area (Å²) in [5.74, 6) is 0.0211. The molecule has 104 valence electrons. The standard InChI is InChI=1S/C11H16N4O3S/c1-15-7-8(4-5-10(15)16)14-19(17,18)11-9(12)3-2-6-13-11/h2-3,6,8,14H,4-5,7,12H2,1H3. The second kappa shape index (κ2) is 5.14. The largest absolute Gasteiger partial charge is 0.396 e. The molecule has 0 aromatic carbocycles. The molecule has 3 N–H and O–H groups in total. The molecule has 1 saturated heterocycles. The first-order valence-corrected chi connectivity index (χ1v) is 7.35. The highest BCUT2D eigenvalue weighted by Gasteiger charge is 2.28. The first-order valence-electron chi connectivity index (χ1n) is 5.87. The summed E-state index contributed by atoms with van der Waals surface area (Å²) in [6.07, 6.45) is 2.19. The summed E-state index contributed by atoms with van der Waals surface area (Å²) in [4.78, 5) is 16.7. The summed E-state index contributed by atoms with van der Waals surface area (Å²) in [6.45, 7) is 0.352. The number of nitrogens with two attached hydrogens (primary N) is 1. The zero-order valence-electron chi connectivity index (χ0n) is 10.5. The predicted molar refractivity (Wildman–Crippen MR) is 69.6 cm³/mol. The number of aromatic nitrogens is 1. The molecule has 2 heterocycles. The number of nitrogens with zero attached hydrogens (tertiary/aromatic N) is 2. The SMILES string of the molecule is CN1CC(NS(=O)(=O)c2ncccc2N)CCC1=O. The quantitative estimate of drug-likeness (QED) is 0.783. The summed E-state index contributed by atoms with van der Waals surface area (Å²) in [6, 6.07) is 2.74. The number of anilines is 1. The Hall–Kier alpha value is -1.67. The molecule has 1 aromatic heterocycles. The third-order valence-corrected chi connectivity index (χ3v) is 4.50. The van der Waals surface area contributed by atoms with Crippen LogP contribution in [0.15, 0.2) is 23.4 Å². The average molecular weight is 284 g/mol. The second-order valence-electron chi connectivity index (χ2n) is 4.53. The van der Waals surface area contributed by atoms with E-state index in [-0.39, 0.29) is 22.7 Å². The summed E-state index contributed by atoms with van der Waals surface area (Å²) in [7, 11) is -2.10. The van der Waals surface area contributed by atoms with Crippen LogP contribution in [-0.4, -0.2) is 43.8 Å². The molecule has 0 spiro atoms. The van der Waals surface area contributed by atoms with Crippen molar-refractivity contribution in [3.05, 3.63) is 18.3 Å². The highest BCUT2D eigenvalue weighted by Crippen LogP contribution is 2.17. The van der Waals surface area contributed by atoms with Gasteiger partial charge in [0.1, 0.15) is 0 Å².